The Hall–Kier alpha value is -3.37. The fourth-order valence-electron chi connectivity index (χ4n) is 3.37. The third-order valence-corrected chi connectivity index (χ3v) is 5.53. The first kappa shape index (κ1) is 21.8. The van der Waals surface area contributed by atoms with Gasteiger partial charge in [-0.3, -0.25) is 14.9 Å². The van der Waals surface area contributed by atoms with Crippen molar-refractivity contribution in [1.82, 2.24) is 25.3 Å². The molecule has 11 heteroatoms. The molecule has 168 valence electrons. The van der Waals surface area contributed by atoms with Crippen molar-refractivity contribution < 1.29 is 14.3 Å². The Labute approximate surface area is 189 Å². The molecule has 2 amide bonds. The second-order valence-corrected chi connectivity index (χ2v) is 7.95. The number of aromatic nitrogens is 4. The number of benzene rings is 1. The molecule has 0 radical (unpaired) electrons. The molecule has 10 nitrogen and oxygen atoms in total. The standard InChI is InChI=1S/C21H24ClN7O3/c1-11-12(2)27-21(26-11)29-20(31)18-17(24-10-25-18)19(30)28-16-4-3-14(9-15(16)22)32-13-5-7-23-8-6-13/h3-4,9-10,13,23H,5-8H2,1-2H3,(H,24,25)(H,28,30)(H2,26,27,29,31). The van der Waals surface area contributed by atoms with Crippen molar-refractivity contribution >= 4 is 35.1 Å². The minimum Gasteiger partial charge on any atom is -0.490 e. The zero-order valence-corrected chi connectivity index (χ0v) is 18.5. The first-order valence-electron chi connectivity index (χ1n) is 10.3. The summed E-state index contributed by atoms with van der Waals surface area (Å²) in [5, 5.41) is 8.93. The van der Waals surface area contributed by atoms with E-state index in [-0.39, 0.29) is 17.5 Å². The lowest BCUT2D eigenvalue weighted by Gasteiger charge is -2.24. The lowest BCUT2D eigenvalue weighted by Crippen LogP contribution is -2.34. The summed E-state index contributed by atoms with van der Waals surface area (Å²) in [5.74, 6) is -0.183. The van der Waals surface area contributed by atoms with Gasteiger partial charge in [-0.1, -0.05) is 11.6 Å². The van der Waals surface area contributed by atoms with Crippen molar-refractivity contribution in [2.45, 2.75) is 32.8 Å². The highest BCUT2D eigenvalue weighted by Gasteiger charge is 2.22. The average molecular weight is 458 g/mol. The van der Waals surface area contributed by atoms with Gasteiger partial charge >= 0.3 is 0 Å². The summed E-state index contributed by atoms with van der Waals surface area (Å²) in [6.45, 7) is 5.51. The molecule has 1 fully saturated rings. The van der Waals surface area contributed by atoms with Crippen LogP contribution < -0.4 is 20.7 Å². The lowest BCUT2D eigenvalue weighted by molar-refractivity contribution is 0.0985. The molecule has 0 bridgehead atoms. The van der Waals surface area contributed by atoms with Crippen LogP contribution in [0.2, 0.25) is 5.02 Å². The summed E-state index contributed by atoms with van der Waals surface area (Å²) in [5.41, 5.74) is 1.95. The maximum Gasteiger partial charge on any atom is 0.276 e. The number of aryl methyl sites for hydroxylation is 2. The quantitative estimate of drug-likeness (QED) is 0.386. The number of rotatable bonds is 6. The Morgan fingerprint density at radius 1 is 1.16 bits per heavy atom. The van der Waals surface area contributed by atoms with Gasteiger partial charge in [0.25, 0.3) is 11.8 Å². The molecule has 0 saturated carbocycles. The number of H-pyrrole nitrogens is 2. The third-order valence-electron chi connectivity index (χ3n) is 5.22. The Balaban J connectivity index is 1.43. The number of hydrogen-bond donors (Lipinski definition) is 5. The van der Waals surface area contributed by atoms with Crippen molar-refractivity contribution in [3.8, 4) is 5.75 Å². The average Bonchev–Trinajstić information content (AvgIpc) is 3.37. The van der Waals surface area contributed by atoms with Crippen molar-refractivity contribution in [2.75, 3.05) is 23.7 Å². The molecular weight excluding hydrogens is 434 g/mol. The number of nitrogens with zero attached hydrogens (tertiary/aromatic N) is 2. The maximum absolute atomic E-state index is 12.8. The molecule has 0 atom stereocenters. The number of hydrogen-bond acceptors (Lipinski definition) is 6. The summed E-state index contributed by atoms with van der Waals surface area (Å²) in [7, 11) is 0. The number of nitrogens with one attached hydrogen (secondary N) is 5. The van der Waals surface area contributed by atoms with Gasteiger partial charge in [0.15, 0.2) is 5.69 Å². The van der Waals surface area contributed by atoms with Crippen molar-refractivity contribution in [1.29, 1.82) is 0 Å². The first-order chi connectivity index (χ1) is 15.4. The molecule has 0 spiro atoms. The Kier molecular flexibility index (Phi) is 6.42. The molecular formula is C21H24ClN7O3. The Morgan fingerprint density at radius 2 is 1.94 bits per heavy atom. The van der Waals surface area contributed by atoms with Gasteiger partial charge in [0.1, 0.15) is 17.5 Å². The van der Waals surface area contributed by atoms with Gasteiger partial charge < -0.3 is 25.3 Å². The molecule has 1 aliphatic heterocycles. The molecule has 1 aliphatic rings. The number of carbonyl (C=O) groups is 2. The molecule has 5 N–H and O–H groups in total. The Bertz CT molecular complexity index is 1110. The fraction of sp³-hybridized carbons (Fsp3) is 0.333. The number of imidazole rings is 2. The van der Waals surface area contributed by atoms with E-state index in [0.717, 1.165) is 37.3 Å². The number of carbonyl (C=O) groups excluding carboxylic acids is 2. The highest BCUT2D eigenvalue weighted by molar-refractivity contribution is 6.34. The summed E-state index contributed by atoms with van der Waals surface area (Å²) in [4.78, 5) is 39.2. The second-order valence-electron chi connectivity index (χ2n) is 7.54. The number of anilines is 2. The molecule has 4 rings (SSSR count). The molecule has 3 aromatic rings. The van der Waals surface area contributed by atoms with E-state index in [1.807, 2.05) is 13.8 Å². The number of halogens is 1. The van der Waals surface area contributed by atoms with Gasteiger partial charge in [-0.05, 0) is 51.9 Å². The summed E-state index contributed by atoms with van der Waals surface area (Å²) < 4.78 is 5.97. The van der Waals surface area contributed by atoms with Crippen LogP contribution in [0.1, 0.15) is 45.2 Å². The second kappa shape index (κ2) is 9.41. The van der Waals surface area contributed by atoms with Gasteiger partial charge in [-0.15, -0.1) is 0 Å². The number of ether oxygens (including phenoxy) is 1. The normalized spacial score (nSPS) is 14.2. The minimum atomic E-state index is -0.572. The molecule has 2 aromatic heterocycles. The highest BCUT2D eigenvalue weighted by Crippen LogP contribution is 2.28. The van der Waals surface area contributed by atoms with Crippen LogP contribution in [0, 0.1) is 13.8 Å². The van der Waals surface area contributed by atoms with Crippen LogP contribution in [0.15, 0.2) is 24.5 Å². The van der Waals surface area contributed by atoms with E-state index in [1.165, 1.54) is 6.33 Å². The van der Waals surface area contributed by atoms with Gasteiger partial charge in [0.2, 0.25) is 5.95 Å². The van der Waals surface area contributed by atoms with E-state index in [2.05, 4.69) is 35.9 Å². The number of aromatic amines is 2. The zero-order chi connectivity index (χ0) is 22.7. The molecule has 0 aliphatic carbocycles. The van der Waals surface area contributed by atoms with E-state index in [4.69, 9.17) is 16.3 Å². The number of piperidine rings is 1. The summed E-state index contributed by atoms with van der Waals surface area (Å²) in [6, 6.07) is 5.08. The monoisotopic (exact) mass is 457 g/mol. The van der Waals surface area contributed by atoms with E-state index in [9.17, 15) is 9.59 Å². The van der Waals surface area contributed by atoms with Gasteiger partial charge in [0, 0.05) is 11.8 Å². The van der Waals surface area contributed by atoms with Crippen LogP contribution in [0.25, 0.3) is 0 Å². The van der Waals surface area contributed by atoms with Crippen LogP contribution in [0.4, 0.5) is 11.6 Å². The first-order valence-corrected chi connectivity index (χ1v) is 10.6. The molecule has 1 saturated heterocycles. The SMILES string of the molecule is Cc1nc(NC(=O)c2[nH]cnc2C(=O)Nc2ccc(OC3CCNCC3)cc2Cl)[nH]c1C. The minimum absolute atomic E-state index is 0.0104. The van der Waals surface area contributed by atoms with E-state index >= 15 is 0 Å². The molecule has 1 aromatic carbocycles. The maximum atomic E-state index is 12.8. The fourth-order valence-corrected chi connectivity index (χ4v) is 3.59. The van der Waals surface area contributed by atoms with Gasteiger partial charge in [-0.2, -0.15) is 0 Å². The summed E-state index contributed by atoms with van der Waals surface area (Å²) >= 11 is 6.35. The topological polar surface area (TPSA) is 137 Å². The molecule has 0 unspecified atom stereocenters. The zero-order valence-electron chi connectivity index (χ0n) is 17.7. The van der Waals surface area contributed by atoms with Crippen LogP contribution in [0.3, 0.4) is 0 Å². The molecule has 32 heavy (non-hydrogen) atoms. The van der Waals surface area contributed by atoms with Crippen LogP contribution >= 0.6 is 11.6 Å². The Morgan fingerprint density at radius 3 is 2.62 bits per heavy atom. The van der Waals surface area contributed by atoms with E-state index < -0.39 is 11.8 Å². The van der Waals surface area contributed by atoms with Crippen LogP contribution in [-0.2, 0) is 0 Å². The van der Waals surface area contributed by atoms with Gasteiger partial charge in [0.05, 0.1) is 22.7 Å². The lowest BCUT2D eigenvalue weighted by atomic mass is 10.1. The van der Waals surface area contributed by atoms with Crippen molar-refractivity contribution in [3.63, 3.8) is 0 Å². The van der Waals surface area contributed by atoms with Gasteiger partial charge in [-0.25, -0.2) is 9.97 Å². The third kappa shape index (κ3) is 4.92. The highest BCUT2D eigenvalue weighted by atomic mass is 35.5. The van der Waals surface area contributed by atoms with Crippen LogP contribution in [-0.4, -0.2) is 50.9 Å². The number of amides is 2. The van der Waals surface area contributed by atoms with Crippen LogP contribution in [0.5, 0.6) is 5.75 Å². The predicted octanol–water partition coefficient (Wildman–Crippen LogP) is 3.04. The smallest absolute Gasteiger partial charge is 0.276 e. The van der Waals surface area contributed by atoms with Crippen molar-refractivity contribution in [3.05, 3.63) is 52.3 Å². The summed E-state index contributed by atoms with van der Waals surface area (Å²) in [6.07, 6.45) is 3.27. The largest absolute Gasteiger partial charge is 0.490 e. The van der Waals surface area contributed by atoms with Crippen molar-refractivity contribution in [2.24, 2.45) is 0 Å². The molecule has 3 heterocycles. The van der Waals surface area contributed by atoms with E-state index in [0.29, 0.717) is 22.4 Å². The predicted molar refractivity (Wildman–Crippen MR) is 121 cm³/mol. The van der Waals surface area contributed by atoms with E-state index in [1.54, 1.807) is 18.2 Å².